The molecular formula is C3H4AsFN2. The summed E-state index contributed by atoms with van der Waals surface area (Å²) in [6.07, 6.45) is 1.27. The summed E-state index contributed by atoms with van der Waals surface area (Å²) in [5, 5.41) is 3.39. The molecule has 0 aromatic carbocycles. The summed E-state index contributed by atoms with van der Waals surface area (Å²) in [5.74, 6) is 0. The molecule has 0 aliphatic carbocycles. The van der Waals surface area contributed by atoms with Gasteiger partial charge >= 0.3 is 48.1 Å². The first-order chi connectivity index (χ1) is 3.29. The molecular weight excluding hydrogens is 158 g/mol. The summed E-state index contributed by atoms with van der Waals surface area (Å²) in [7, 11) is 0. The number of hydrogen-bond donors (Lipinski definition) is 0. The zero-order valence-corrected chi connectivity index (χ0v) is 5.93. The van der Waals surface area contributed by atoms with Crippen molar-refractivity contribution in [3.05, 3.63) is 12.3 Å². The molecule has 0 N–H and O–H groups in total. The van der Waals surface area contributed by atoms with Gasteiger partial charge in [-0.2, -0.15) is 0 Å². The van der Waals surface area contributed by atoms with Crippen molar-refractivity contribution in [2.24, 2.45) is 0 Å². The van der Waals surface area contributed by atoms with Crippen LogP contribution in [0.1, 0.15) is 0 Å². The summed E-state index contributed by atoms with van der Waals surface area (Å²) < 4.78 is 12.5. The van der Waals surface area contributed by atoms with Crippen LogP contribution >= 0.6 is 0 Å². The molecule has 0 bridgehead atoms. The van der Waals surface area contributed by atoms with E-state index in [9.17, 15) is 4.48 Å². The molecule has 38 valence electrons. The van der Waals surface area contributed by atoms with Gasteiger partial charge in [0.15, 0.2) is 0 Å². The number of halogens is 1. The van der Waals surface area contributed by atoms with E-state index in [1.54, 1.807) is 6.07 Å². The normalized spacial score (nSPS) is 9.43. The van der Waals surface area contributed by atoms with E-state index in [1.165, 1.54) is 23.0 Å². The van der Waals surface area contributed by atoms with Crippen molar-refractivity contribution in [1.29, 1.82) is 0 Å². The third-order valence-electron chi connectivity index (χ3n) is 0.579. The fourth-order valence-electron chi connectivity index (χ4n) is 0.315. The van der Waals surface area contributed by atoms with E-state index in [2.05, 4.69) is 5.10 Å². The van der Waals surface area contributed by atoms with E-state index < -0.39 is 0 Å². The van der Waals surface area contributed by atoms with Gasteiger partial charge < -0.3 is 0 Å². The van der Waals surface area contributed by atoms with E-state index in [1.807, 2.05) is 0 Å². The second kappa shape index (κ2) is 1.66. The second-order valence-corrected chi connectivity index (χ2v) is 2.37. The van der Waals surface area contributed by atoms with E-state index in [0.29, 0.717) is 4.90 Å². The van der Waals surface area contributed by atoms with Crippen molar-refractivity contribution in [1.82, 2.24) is 10.0 Å². The molecule has 0 spiro atoms. The van der Waals surface area contributed by atoms with Crippen molar-refractivity contribution in [3.63, 3.8) is 0 Å². The van der Waals surface area contributed by atoms with Crippen LogP contribution < -0.4 is 4.48 Å². The van der Waals surface area contributed by atoms with Crippen molar-refractivity contribution < 1.29 is 4.48 Å². The Kier molecular flexibility index (Phi) is 1.15. The molecule has 4 heteroatoms. The molecule has 0 aliphatic rings. The van der Waals surface area contributed by atoms with Crippen LogP contribution in [-0.2, 0) is 0 Å². The number of nitrogens with zero attached hydrogens (tertiary/aromatic N) is 2. The SMILES string of the molecule is Fn1ccc([AsH2])n1. The molecule has 0 fully saturated rings. The fourth-order valence-corrected chi connectivity index (χ4v) is 0.727. The van der Waals surface area contributed by atoms with Gasteiger partial charge in [0.05, 0.1) is 0 Å². The zero-order valence-electron chi connectivity index (χ0n) is 3.50. The third-order valence-corrected chi connectivity index (χ3v) is 1.23. The third kappa shape index (κ3) is 1.03. The number of rotatable bonds is 0. The average molecular weight is 162 g/mol. The molecule has 2 nitrogen and oxygen atoms in total. The van der Waals surface area contributed by atoms with Crippen LogP contribution in [0.4, 0.5) is 4.48 Å². The maximum absolute atomic E-state index is 11.7. The predicted octanol–water partition coefficient (Wildman–Crippen LogP) is -1.13. The monoisotopic (exact) mass is 162 g/mol. The molecule has 0 saturated carbocycles. The molecule has 1 rings (SSSR count). The topological polar surface area (TPSA) is 17.8 Å². The second-order valence-electron chi connectivity index (χ2n) is 1.13. The molecule has 1 unspecified atom stereocenters. The molecule has 1 aromatic heterocycles. The van der Waals surface area contributed by atoms with Crippen LogP contribution in [0.25, 0.3) is 0 Å². The Hall–Kier alpha value is -0.302. The summed E-state index contributed by atoms with van der Waals surface area (Å²) in [6, 6.07) is 1.62. The van der Waals surface area contributed by atoms with Crippen molar-refractivity contribution in [2.45, 2.75) is 0 Å². The van der Waals surface area contributed by atoms with Crippen LogP contribution in [0.15, 0.2) is 12.3 Å². The first-order valence-corrected chi connectivity index (χ1v) is 2.97. The van der Waals surface area contributed by atoms with Gasteiger partial charge in [-0.05, 0) is 0 Å². The standard InChI is InChI=1S/C3H4AsFN2/c4-3-1-2-7(5)6-3/h1-2H,4H2. The zero-order chi connectivity index (χ0) is 5.28. The Morgan fingerprint density at radius 2 is 2.57 bits per heavy atom. The van der Waals surface area contributed by atoms with Gasteiger partial charge in [0, 0.05) is 0 Å². The minimum absolute atomic E-state index is 0.303. The predicted molar refractivity (Wildman–Crippen MR) is 26.9 cm³/mol. The van der Waals surface area contributed by atoms with E-state index in [-0.39, 0.29) is 0 Å². The van der Waals surface area contributed by atoms with E-state index >= 15 is 0 Å². The molecule has 0 aliphatic heterocycles. The molecule has 1 aromatic rings. The van der Waals surface area contributed by atoms with Gasteiger partial charge in [0.25, 0.3) is 0 Å². The Morgan fingerprint density at radius 1 is 1.86 bits per heavy atom. The molecule has 7 heavy (non-hydrogen) atoms. The number of aromatic nitrogens is 2. The molecule has 0 saturated heterocycles. The summed E-state index contributed by atoms with van der Waals surface area (Å²) in [6.45, 7) is 0. The van der Waals surface area contributed by atoms with Crippen LogP contribution in [0.2, 0.25) is 0 Å². The molecule has 1 heterocycles. The Balaban J connectivity index is 3.04. The maximum atomic E-state index is 11.7. The van der Waals surface area contributed by atoms with Crippen molar-refractivity contribution in [3.8, 4) is 0 Å². The summed E-state index contributed by atoms with van der Waals surface area (Å²) >= 11 is 1.32. The Labute approximate surface area is 48.8 Å². The van der Waals surface area contributed by atoms with E-state index in [4.69, 9.17) is 0 Å². The van der Waals surface area contributed by atoms with E-state index in [0.717, 1.165) is 4.48 Å². The van der Waals surface area contributed by atoms with Gasteiger partial charge in [0.1, 0.15) is 0 Å². The van der Waals surface area contributed by atoms with Crippen LogP contribution in [0.3, 0.4) is 0 Å². The Morgan fingerprint density at radius 3 is 2.71 bits per heavy atom. The van der Waals surface area contributed by atoms with Gasteiger partial charge in [-0.1, -0.05) is 0 Å². The first-order valence-electron chi connectivity index (χ1n) is 1.76. The fraction of sp³-hybridized carbons (Fsp3) is 0. The van der Waals surface area contributed by atoms with Gasteiger partial charge in [0.2, 0.25) is 0 Å². The quantitative estimate of drug-likeness (QED) is 0.441. The molecule has 1 atom stereocenters. The molecule has 0 amide bonds. The number of hydrogen-bond acceptors (Lipinski definition) is 1. The summed E-state index contributed by atoms with van der Waals surface area (Å²) in [4.78, 5) is 0.303. The average Bonchev–Trinajstić information content (AvgIpc) is 1.87. The van der Waals surface area contributed by atoms with Gasteiger partial charge in [-0.3, -0.25) is 0 Å². The van der Waals surface area contributed by atoms with Crippen LogP contribution in [-0.4, -0.2) is 26.9 Å². The van der Waals surface area contributed by atoms with Crippen molar-refractivity contribution in [2.75, 3.05) is 0 Å². The van der Waals surface area contributed by atoms with Gasteiger partial charge in [-0.15, -0.1) is 0 Å². The van der Waals surface area contributed by atoms with Crippen LogP contribution in [0, 0.1) is 0 Å². The minimum atomic E-state index is 0.303. The molecule has 0 radical (unpaired) electrons. The first kappa shape index (κ1) is 4.85. The Bertz CT molecular complexity index is 145. The van der Waals surface area contributed by atoms with Crippen molar-refractivity contribution >= 4 is 21.3 Å². The van der Waals surface area contributed by atoms with Crippen LogP contribution in [0.5, 0.6) is 0 Å². The van der Waals surface area contributed by atoms with Gasteiger partial charge in [-0.25, -0.2) is 0 Å². The summed E-state index contributed by atoms with van der Waals surface area (Å²) in [5.41, 5.74) is 0.